The Morgan fingerprint density at radius 3 is 2.37 bits per heavy atom. The maximum Gasteiger partial charge on any atom is 0.390 e. The van der Waals surface area contributed by atoms with Crippen LogP contribution in [-0.2, 0) is 10.0 Å². The lowest BCUT2D eigenvalue weighted by atomic mass is 10.4. The van der Waals surface area contributed by atoms with Gasteiger partial charge in [-0.25, -0.2) is 12.7 Å². The van der Waals surface area contributed by atoms with Crippen LogP contribution < -0.4 is 0 Å². The van der Waals surface area contributed by atoms with Crippen LogP contribution in [0, 0.1) is 0 Å². The van der Waals surface area contributed by atoms with Gasteiger partial charge >= 0.3 is 6.18 Å². The number of nitrogens with zero attached hydrogens (tertiary/aromatic N) is 1. The topological polar surface area (TPSA) is 37.4 Å². The van der Waals surface area contributed by atoms with Gasteiger partial charge in [0.15, 0.2) is 0 Å². The van der Waals surface area contributed by atoms with E-state index in [4.69, 9.17) is 0 Å². The van der Waals surface area contributed by atoms with E-state index in [1.54, 1.807) is 6.07 Å². The Hall–Kier alpha value is -0.120. The van der Waals surface area contributed by atoms with E-state index in [1.165, 1.54) is 12.1 Å². The van der Waals surface area contributed by atoms with Gasteiger partial charge in [-0.05, 0) is 34.1 Å². The Morgan fingerprint density at radius 1 is 1.26 bits per heavy atom. The molecule has 0 aliphatic rings. The van der Waals surface area contributed by atoms with Gasteiger partial charge in [-0.2, -0.15) is 13.2 Å². The van der Waals surface area contributed by atoms with Gasteiger partial charge in [0.25, 0.3) is 0 Å². The summed E-state index contributed by atoms with van der Waals surface area (Å²) in [6.45, 7) is -0.620. The number of halogens is 5. The minimum Gasteiger partial charge on any atom is -0.207 e. The molecule has 0 aliphatic carbocycles. The summed E-state index contributed by atoms with van der Waals surface area (Å²) >= 11 is 6.20. The molecule has 1 aromatic carbocycles. The summed E-state index contributed by atoms with van der Waals surface area (Å²) in [6.07, 6.45) is -5.58. The van der Waals surface area contributed by atoms with Crippen molar-refractivity contribution in [2.45, 2.75) is 17.5 Å². The first-order valence-electron chi connectivity index (χ1n) is 5.02. The highest BCUT2D eigenvalue weighted by Crippen LogP contribution is 2.28. The summed E-state index contributed by atoms with van der Waals surface area (Å²) in [7, 11) is -2.84. The second kappa shape index (κ2) is 6.11. The van der Waals surface area contributed by atoms with E-state index >= 15 is 0 Å². The second-order valence-electron chi connectivity index (χ2n) is 3.77. The smallest absolute Gasteiger partial charge is 0.207 e. The predicted octanol–water partition coefficient (Wildman–Crippen LogP) is 3.78. The maximum absolute atomic E-state index is 12.1. The normalized spacial score (nSPS) is 13.0. The lowest BCUT2D eigenvalue weighted by Gasteiger charge is -2.19. The van der Waals surface area contributed by atoms with E-state index in [0.717, 1.165) is 7.05 Å². The third-order valence-electron chi connectivity index (χ3n) is 2.29. The number of hydrogen-bond acceptors (Lipinski definition) is 2. The van der Waals surface area contributed by atoms with E-state index in [1.807, 2.05) is 0 Å². The molecule has 0 spiro atoms. The maximum atomic E-state index is 12.1. The summed E-state index contributed by atoms with van der Waals surface area (Å²) in [6, 6.07) is 4.47. The molecular weight excluding hydrogens is 415 g/mol. The molecule has 0 heterocycles. The van der Waals surface area contributed by atoms with Crippen molar-refractivity contribution in [2.24, 2.45) is 0 Å². The summed E-state index contributed by atoms with van der Waals surface area (Å²) in [4.78, 5) is -0.0773. The summed E-state index contributed by atoms with van der Waals surface area (Å²) in [5.74, 6) is 0. The van der Waals surface area contributed by atoms with E-state index in [-0.39, 0.29) is 4.90 Å². The van der Waals surface area contributed by atoms with E-state index < -0.39 is 29.2 Å². The number of benzene rings is 1. The van der Waals surface area contributed by atoms with Crippen molar-refractivity contribution < 1.29 is 21.6 Å². The molecule has 108 valence electrons. The van der Waals surface area contributed by atoms with Crippen molar-refractivity contribution in [2.75, 3.05) is 13.6 Å². The highest BCUT2D eigenvalue weighted by Gasteiger charge is 2.31. The fraction of sp³-hybridized carbons (Fsp3) is 0.400. The van der Waals surface area contributed by atoms with Crippen LogP contribution in [0.1, 0.15) is 6.42 Å². The first-order chi connectivity index (χ1) is 8.54. The molecule has 0 aromatic heterocycles. The van der Waals surface area contributed by atoms with Crippen molar-refractivity contribution in [1.82, 2.24) is 4.31 Å². The fourth-order valence-corrected chi connectivity index (χ4v) is 3.88. The number of alkyl halides is 3. The summed E-state index contributed by atoms with van der Waals surface area (Å²) in [5, 5.41) is 0. The fourth-order valence-electron chi connectivity index (χ4n) is 1.25. The number of rotatable bonds is 4. The van der Waals surface area contributed by atoms with Gasteiger partial charge in [0.1, 0.15) is 0 Å². The molecule has 0 unspecified atom stereocenters. The highest BCUT2D eigenvalue weighted by atomic mass is 79.9. The van der Waals surface area contributed by atoms with Gasteiger partial charge in [0.2, 0.25) is 10.0 Å². The molecule has 0 radical (unpaired) electrons. The van der Waals surface area contributed by atoms with Crippen molar-refractivity contribution in [3.05, 3.63) is 27.1 Å². The molecular formula is C10H10Br2F3NO2S. The second-order valence-corrected chi connectivity index (χ2v) is 7.55. The van der Waals surface area contributed by atoms with Crippen molar-refractivity contribution in [3.63, 3.8) is 0 Å². The van der Waals surface area contributed by atoms with Crippen LogP contribution in [0.2, 0.25) is 0 Å². The molecule has 0 bridgehead atoms. The van der Waals surface area contributed by atoms with Gasteiger partial charge < -0.3 is 0 Å². The third-order valence-corrected chi connectivity index (χ3v) is 5.64. The van der Waals surface area contributed by atoms with Gasteiger partial charge in [-0.1, -0.05) is 15.9 Å². The molecule has 3 nitrogen and oxygen atoms in total. The van der Waals surface area contributed by atoms with Crippen molar-refractivity contribution in [1.29, 1.82) is 0 Å². The van der Waals surface area contributed by atoms with Gasteiger partial charge in [0.05, 0.1) is 11.3 Å². The van der Waals surface area contributed by atoms with Gasteiger partial charge in [0, 0.05) is 22.5 Å². The first-order valence-corrected chi connectivity index (χ1v) is 8.05. The lowest BCUT2D eigenvalue weighted by molar-refractivity contribution is -0.135. The average molecular weight is 425 g/mol. The highest BCUT2D eigenvalue weighted by molar-refractivity contribution is 9.11. The van der Waals surface area contributed by atoms with E-state index in [0.29, 0.717) is 13.3 Å². The quantitative estimate of drug-likeness (QED) is 0.737. The van der Waals surface area contributed by atoms with Gasteiger partial charge in [-0.15, -0.1) is 0 Å². The van der Waals surface area contributed by atoms with Crippen LogP contribution in [-0.4, -0.2) is 32.5 Å². The molecule has 0 saturated carbocycles. The summed E-state index contributed by atoms with van der Waals surface area (Å²) < 4.78 is 62.1. The lowest BCUT2D eigenvalue weighted by Crippen LogP contribution is -2.30. The Morgan fingerprint density at radius 2 is 1.84 bits per heavy atom. The minimum absolute atomic E-state index is 0.0773. The van der Waals surface area contributed by atoms with E-state index in [2.05, 4.69) is 31.9 Å². The number of hydrogen-bond donors (Lipinski definition) is 0. The Labute approximate surface area is 126 Å². The number of sulfonamides is 1. The van der Waals surface area contributed by atoms with Crippen molar-refractivity contribution >= 4 is 41.9 Å². The van der Waals surface area contributed by atoms with Crippen LogP contribution >= 0.6 is 31.9 Å². The largest absolute Gasteiger partial charge is 0.390 e. The Bertz CT molecular complexity index is 560. The van der Waals surface area contributed by atoms with Crippen molar-refractivity contribution in [3.8, 4) is 0 Å². The molecule has 0 aliphatic heterocycles. The third kappa shape index (κ3) is 4.73. The van der Waals surface area contributed by atoms with Crippen LogP contribution in [0.15, 0.2) is 32.0 Å². The van der Waals surface area contributed by atoms with Crippen LogP contribution in [0.3, 0.4) is 0 Å². The molecule has 0 N–H and O–H groups in total. The first kappa shape index (κ1) is 16.9. The summed E-state index contributed by atoms with van der Waals surface area (Å²) in [5.41, 5.74) is 0. The average Bonchev–Trinajstić information content (AvgIpc) is 2.28. The minimum atomic E-state index is -4.39. The SMILES string of the molecule is CN(CCC(F)(F)F)S(=O)(=O)c1cc(Br)ccc1Br. The van der Waals surface area contributed by atoms with Gasteiger partial charge in [-0.3, -0.25) is 0 Å². The molecule has 0 fully saturated rings. The van der Waals surface area contributed by atoms with Crippen LogP contribution in [0.5, 0.6) is 0 Å². The molecule has 0 saturated heterocycles. The van der Waals surface area contributed by atoms with Crippen LogP contribution in [0.4, 0.5) is 13.2 Å². The molecule has 1 rings (SSSR count). The molecule has 19 heavy (non-hydrogen) atoms. The zero-order valence-corrected chi connectivity index (χ0v) is 13.7. The standard InChI is InChI=1S/C10H10Br2F3NO2S/c1-16(5-4-10(13,14)15)19(17,18)9-6-7(11)2-3-8(9)12/h2-3,6H,4-5H2,1H3. The molecule has 0 amide bonds. The monoisotopic (exact) mass is 423 g/mol. The van der Waals surface area contributed by atoms with Crippen LogP contribution in [0.25, 0.3) is 0 Å². The Balaban J connectivity index is 3.00. The zero-order valence-electron chi connectivity index (χ0n) is 9.71. The Kier molecular flexibility index (Phi) is 5.44. The molecule has 9 heteroatoms. The molecule has 0 atom stereocenters. The molecule has 1 aromatic rings. The zero-order chi connectivity index (χ0) is 14.8. The van der Waals surface area contributed by atoms with E-state index in [9.17, 15) is 21.6 Å². The predicted molar refractivity (Wildman–Crippen MR) is 72.3 cm³/mol.